The Bertz CT molecular complexity index is 273. The summed E-state index contributed by atoms with van der Waals surface area (Å²) in [6.07, 6.45) is 2.00. The first kappa shape index (κ1) is 12.1. The van der Waals surface area contributed by atoms with Gasteiger partial charge in [0, 0.05) is 6.42 Å². The normalized spacial score (nSPS) is 11.2. The van der Waals surface area contributed by atoms with E-state index in [1.807, 2.05) is 20.9 Å². The number of aromatic nitrogens is 2. The van der Waals surface area contributed by atoms with E-state index < -0.39 is 0 Å². The second-order valence-corrected chi connectivity index (χ2v) is 3.66. The molecular weight excluding hydrogens is 194 g/mol. The summed E-state index contributed by atoms with van der Waals surface area (Å²) in [7, 11) is 1.93. The molecule has 1 heterocycles. The summed E-state index contributed by atoms with van der Waals surface area (Å²) in [6.45, 7) is 5.31. The molecule has 1 aromatic rings. The highest BCUT2D eigenvalue weighted by Gasteiger charge is 2.06. The van der Waals surface area contributed by atoms with Crippen LogP contribution in [-0.4, -0.2) is 29.9 Å². The van der Waals surface area contributed by atoms with E-state index in [0.29, 0.717) is 18.4 Å². The van der Waals surface area contributed by atoms with E-state index in [0.717, 1.165) is 19.4 Å². The molecule has 0 saturated heterocycles. The zero-order valence-corrected chi connectivity index (χ0v) is 9.62. The minimum absolute atomic E-state index is 0.185. The lowest BCUT2D eigenvalue weighted by Gasteiger charge is -2.02. The summed E-state index contributed by atoms with van der Waals surface area (Å²) in [4.78, 5) is 0. The van der Waals surface area contributed by atoms with Crippen LogP contribution in [0.1, 0.15) is 32.0 Å². The monoisotopic (exact) mass is 213 g/mol. The van der Waals surface area contributed by atoms with Crippen molar-refractivity contribution in [2.45, 2.75) is 39.4 Å². The molecule has 15 heavy (non-hydrogen) atoms. The van der Waals surface area contributed by atoms with Crippen LogP contribution in [0.4, 0.5) is 0 Å². The van der Waals surface area contributed by atoms with Gasteiger partial charge in [-0.05, 0) is 33.9 Å². The summed E-state index contributed by atoms with van der Waals surface area (Å²) in [6, 6.07) is 0. The molecule has 0 atom stereocenters. The number of nitrogens with one attached hydrogen (secondary N) is 1. The van der Waals surface area contributed by atoms with Gasteiger partial charge in [-0.3, -0.25) is 0 Å². The third-order valence-corrected chi connectivity index (χ3v) is 1.87. The zero-order chi connectivity index (χ0) is 11.1. The first-order valence-electron chi connectivity index (χ1n) is 5.30. The van der Waals surface area contributed by atoms with E-state index >= 15 is 0 Å². The smallest absolute Gasteiger partial charge is 0.242 e. The minimum Gasteiger partial charge on any atom is -0.423 e. The van der Waals surface area contributed by atoms with Gasteiger partial charge in [-0.15, -0.1) is 10.2 Å². The summed E-state index contributed by atoms with van der Waals surface area (Å²) < 4.78 is 10.8. The number of nitrogens with zero attached hydrogens (tertiary/aromatic N) is 2. The van der Waals surface area contributed by atoms with Crippen molar-refractivity contribution in [1.29, 1.82) is 0 Å². The number of aryl methyl sites for hydroxylation is 1. The number of rotatable bonds is 7. The Morgan fingerprint density at radius 2 is 2.07 bits per heavy atom. The Morgan fingerprint density at radius 1 is 1.33 bits per heavy atom. The van der Waals surface area contributed by atoms with Crippen LogP contribution in [0.2, 0.25) is 0 Å². The van der Waals surface area contributed by atoms with Gasteiger partial charge in [-0.1, -0.05) is 0 Å². The van der Waals surface area contributed by atoms with Crippen LogP contribution in [-0.2, 0) is 17.8 Å². The molecule has 1 aromatic heterocycles. The highest BCUT2D eigenvalue weighted by molar-refractivity contribution is 4.80. The molecule has 1 N–H and O–H groups in total. The van der Waals surface area contributed by atoms with Gasteiger partial charge < -0.3 is 14.5 Å². The molecule has 0 aliphatic heterocycles. The highest BCUT2D eigenvalue weighted by atomic mass is 16.5. The summed E-state index contributed by atoms with van der Waals surface area (Å²) in [5.74, 6) is 1.25. The molecule has 0 unspecified atom stereocenters. The molecule has 0 radical (unpaired) electrons. The molecule has 0 bridgehead atoms. The summed E-state index contributed by atoms with van der Waals surface area (Å²) in [5.41, 5.74) is 0. The molecule has 0 aliphatic carbocycles. The first-order valence-corrected chi connectivity index (χ1v) is 5.30. The third-order valence-electron chi connectivity index (χ3n) is 1.87. The van der Waals surface area contributed by atoms with E-state index in [-0.39, 0.29) is 6.10 Å². The summed E-state index contributed by atoms with van der Waals surface area (Å²) in [5, 5.41) is 10.9. The fraction of sp³-hybridized carbons (Fsp3) is 0.800. The van der Waals surface area contributed by atoms with Crippen molar-refractivity contribution in [3.63, 3.8) is 0 Å². The van der Waals surface area contributed by atoms with Gasteiger partial charge in [0.25, 0.3) is 0 Å². The lowest BCUT2D eigenvalue weighted by molar-refractivity contribution is 0.0511. The van der Waals surface area contributed by atoms with Gasteiger partial charge in [0.15, 0.2) is 0 Å². The Labute approximate surface area is 90.2 Å². The van der Waals surface area contributed by atoms with Crippen molar-refractivity contribution in [2.75, 3.05) is 13.6 Å². The van der Waals surface area contributed by atoms with Crippen LogP contribution in [0, 0.1) is 0 Å². The van der Waals surface area contributed by atoms with Gasteiger partial charge in [0.05, 0.1) is 6.10 Å². The predicted octanol–water partition coefficient (Wildman–Crippen LogP) is 1.15. The maximum atomic E-state index is 5.41. The molecule has 0 fully saturated rings. The Balaban J connectivity index is 2.29. The van der Waals surface area contributed by atoms with Crippen LogP contribution in [0.25, 0.3) is 0 Å². The van der Waals surface area contributed by atoms with Crippen molar-refractivity contribution in [1.82, 2.24) is 15.5 Å². The van der Waals surface area contributed by atoms with Crippen molar-refractivity contribution >= 4 is 0 Å². The van der Waals surface area contributed by atoms with Crippen molar-refractivity contribution in [3.05, 3.63) is 11.8 Å². The lowest BCUT2D eigenvalue weighted by atomic mass is 10.3. The Morgan fingerprint density at radius 3 is 2.73 bits per heavy atom. The molecule has 0 spiro atoms. The van der Waals surface area contributed by atoms with Gasteiger partial charge >= 0.3 is 0 Å². The van der Waals surface area contributed by atoms with Crippen molar-refractivity contribution in [2.24, 2.45) is 0 Å². The second-order valence-electron chi connectivity index (χ2n) is 3.66. The predicted molar refractivity (Wildman–Crippen MR) is 56.5 cm³/mol. The molecule has 5 heteroatoms. The molecule has 86 valence electrons. The fourth-order valence-corrected chi connectivity index (χ4v) is 1.10. The lowest BCUT2D eigenvalue weighted by Crippen LogP contribution is -2.08. The Kier molecular flexibility index (Phi) is 5.28. The minimum atomic E-state index is 0.185. The van der Waals surface area contributed by atoms with Crippen LogP contribution in [0.3, 0.4) is 0 Å². The Hall–Kier alpha value is -0.940. The zero-order valence-electron chi connectivity index (χ0n) is 9.62. The van der Waals surface area contributed by atoms with E-state index in [9.17, 15) is 0 Å². The maximum absolute atomic E-state index is 5.41. The second kappa shape index (κ2) is 6.53. The maximum Gasteiger partial charge on any atom is 0.242 e. The van der Waals surface area contributed by atoms with Gasteiger partial charge in [0.2, 0.25) is 11.8 Å². The van der Waals surface area contributed by atoms with Gasteiger partial charge in [-0.2, -0.15) is 0 Å². The quantitative estimate of drug-likeness (QED) is 0.688. The number of hydrogen-bond donors (Lipinski definition) is 1. The topological polar surface area (TPSA) is 60.2 Å². The first-order chi connectivity index (χ1) is 7.22. The summed E-state index contributed by atoms with van der Waals surface area (Å²) >= 11 is 0. The average Bonchev–Trinajstić information content (AvgIpc) is 2.63. The van der Waals surface area contributed by atoms with E-state index in [2.05, 4.69) is 15.5 Å². The molecule has 1 rings (SSSR count). The average molecular weight is 213 g/mol. The van der Waals surface area contributed by atoms with Gasteiger partial charge in [0.1, 0.15) is 6.61 Å². The molecule has 0 saturated carbocycles. The largest absolute Gasteiger partial charge is 0.423 e. The van der Waals surface area contributed by atoms with Gasteiger partial charge in [-0.25, -0.2) is 0 Å². The van der Waals surface area contributed by atoms with E-state index in [4.69, 9.17) is 9.15 Å². The van der Waals surface area contributed by atoms with E-state index in [1.165, 1.54) is 0 Å². The third kappa shape index (κ3) is 4.90. The van der Waals surface area contributed by atoms with Crippen LogP contribution >= 0.6 is 0 Å². The number of ether oxygens (including phenoxy) is 1. The molecule has 0 aliphatic rings. The SMILES string of the molecule is CNCCCc1nnc(COC(C)C)o1. The highest BCUT2D eigenvalue weighted by Crippen LogP contribution is 2.04. The van der Waals surface area contributed by atoms with E-state index in [1.54, 1.807) is 0 Å². The fourth-order valence-electron chi connectivity index (χ4n) is 1.10. The molecular formula is C10H19N3O2. The van der Waals surface area contributed by atoms with Crippen molar-refractivity contribution < 1.29 is 9.15 Å². The van der Waals surface area contributed by atoms with Crippen LogP contribution in [0.5, 0.6) is 0 Å². The van der Waals surface area contributed by atoms with Crippen LogP contribution in [0.15, 0.2) is 4.42 Å². The molecule has 0 amide bonds. The standard InChI is InChI=1S/C10H19N3O2/c1-8(2)14-7-10-13-12-9(15-10)5-4-6-11-3/h8,11H,4-7H2,1-3H3. The number of hydrogen-bond acceptors (Lipinski definition) is 5. The molecule has 0 aromatic carbocycles. The molecule has 5 nitrogen and oxygen atoms in total. The van der Waals surface area contributed by atoms with Crippen LogP contribution < -0.4 is 5.32 Å². The van der Waals surface area contributed by atoms with Crippen molar-refractivity contribution in [3.8, 4) is 0 Å².